The summed E-state index contributed by atoms with van der Waals surface area (Å²) < 4.78 is 0. The number of likely N-dealkylation sites (tertiary alicyclic amines) is 1. The number of carbonyl (C=O) groups is 1. The Morgan fingerprint density at radius 2 is 2.07 bits per heavy atom. The number of nitrogens with zero attached hydrogens (tertiary/aromatic N) is 4. The first kappa shape index (κ1) is 9.03. The Bertz CT molecular complexity index is 316. The average molecular weight is 199 g/mol. The van der Waals surface area contributed by atoms with Crippen molar-refractivity contribution in [3.05, 3.63) is 5.82 Å². The summed E-state index contributed by atoms with van der Waals surface area (Å²) in [5.41, 5.74) is 0. The molecule has 0 aliphatic carbocycles. The van der Waals surface area contributed by atoms with Crippen molar-refractivity contribution in [2.24, 2.45) is 0 Å². The normalized spacial score (nSPS) is 26.9. The second kappa shape index (κ2) is 3.31. The number of tetrazole rings is 1. The number of β-amino-alcohol motifs (C(OH)–C–C–N with tert-alkyl or cyclic N) is 2. The molecule has 76 valence electrons. The SMILES string of the molecule is O=C(c1nn[nH]n1)N1CC(O)C(O)C1. The quantitative estimate of drug-likeness (QED) is 0.456. The van der Waals surface area contributed by atoms with Crippen molar-refractivity contribution in [1.29, 1.82) is 0 Å². The summed E-state index contributed by atoms with van der Waals surface area (Å²) in [6.45, 7) is 0.184. The summed E-state index contributed by atoms with van der Waals surface area (Å²) in [7, 11) is 0. The summed E-state index contributed by atoms with van der Waals surface area (Å²) in [5.74, 6) is -0.513. The van der Waals surface area contributed by atoms with Crippen LogP contribution in [0.5, 0.6) is 0 Å². The van der Waals surface area contributed by atoms with Gasteiger partial charge in [-0.05, 0) is 5.21 Å². The molecule has 1 aliphatic heterocycles. The van der Waals surface area contributed by atoms with Crippen LogP contribution in [-0.4, -0.2) is 66.9 Å². The number of carbonyl (C=O) groups excluding carboxylic acids is 1. The van der Waals surface area contributed by atoms with Crippen molar-refractivity contribution in [2.45, 2.75) is 12.2 Å². The minimum Gasteiger partial charge on any atom is -0.388 e. The van der Waals surface area contributed by atoms with Gasteiger partial charge in [0.2, 0.25) is 0 Å². The Hall–Kier alpha value is -1.54. The van der Waals surface area contributed by atoms with Gasteiger partial charge in [-0.3, -0.25) is 4.79 Å². The second-order valence-electron chi connectivity index (χ2n) is 3.08. The van der Waals surface area contributed by atoms with Gasteiger partial charge in [0.05, 0.1) is 12.2 Å². The summed E-state index contributed by atoms with van der Waals surface area (Å²) in [6, 6.07) is 0. The van der Waals surface area contributed by atoms with Gasteiger partial charge < -0.3 is 15.1 Å². The molecule has 8 nitrogen and oxygen atoms in total. The van der Waals surface area contributed by atoms with E-state index in [1.54, 1.807) is 0 Å². The van der Waals surface area contributed by atoms with Gasteiger partial charge in [0.1, 0.15) is 0 Å². The number of aromatic nitrogens is 4. The van der Waals surface area contributed by atoms with E-state index in [1.165, 1.54) is 4.90 Å². The molecule has 2 atom stereocenters. The number of aromatic amines is 1. The van der Waals surface area contributed by atoms with E-state index in [0.717, 1.165) is 0 Å². The van der Waals surface area contributed by atoms with Gasteiger partial charge in [-0.1, -0.05) is 0 Å². The van der Waals surface area contributed by atoms with Gasteiger partial charge in [-0.15, -0.1) is 10.2 Å². The highest BCUT2D eigenvalue weighted by Gasteiger charge is 2.34. The molecule has 3 N–H and O–H groups in total. The van der Waals surface area contributed by atoms with Crippen LogP contribution in [0.1, 0.15) is 10.6 Å². The number of nitrogens with one attached hydrogen (secondary N) is 1. The summed E-state index contributed by atoms with van der Waals surface area (Å²) in [6.07, 6.45) is -1.79. The third kappa shape index (κ3) is 1.44. The van der Waals surface area contributed by atoms with E-state index in [2.05, 4.69) is 20.6 Å². The van der Waals surface area contributed by atoms with Crippen molar-refractivity contribution >= 4 is 5.91 Å². The van der Waals surface area contributed by atoms with Gasteiger partial charge in [0, 0.05) is 13.1 Å². The lowest BCUT2D eigenvalue weighted by Crippen LogP contribution is -2.30. The third-order valence-electron chi connectivity index (χ3n) is 2.08. The monoisotopic (exact) mass is 199 g/mol. The number of aliphatic hydroxyl groups excluding tert-OH is 2. The zero-order valence-corrected chi connectivity index (χ0v) is 7.16. The zero-order chi connectivity index (χ0) is 10.1. The predicted molar refractivity (Wildman–Crippen MR) is 42.1 cm³/mol. The Labute approximate surface area is 78.5 Å². The Balaban J connectivity index is 2.07. The molecule has 2 heterocycles. The first-order chi connectivity index (χ1) is 6.68. The van der Waals surface area contributed by atoms with Crippen LogP contribution in [0.25, 0.3) is 0 Å². The van der Waals surface area contributed by atoms with Gasteiger partial charge in [0.15, 0.2) is 0 Å². The highest BCUT2D eigenvalue weighted by molar-refractivity contribution is 5.90. The molecule has 1 aromatic rings. The molecule has 0 aromatic carbocycles. The lowest BCUT2D eigenvalue weighted by molar-refractivity contribution is 0.0572. The van der Waals surface area contributed by atoms with Crippen molar-refractivity contribution in [3.63, 3.8) is 0 Å². The third-order valence-corrected chi connectivity index (χ3v) is 2.08. The fraction of sp³-hybridized carbons (Fsp3) is 0.667. The van der Waals surface area contributed by atoms with Crippen molar-refractivity contribution < 1.29 is 15.0 Å². The smallest absolute Gasteiger partial charge is 0.295 e. The molecule has 2 rings (SSSR count). The van der Waals surface area contributed by atoms with Gasteiger partial charge in [-0.25, -0.2) is 0 Å². The van der Waals surface area contributed by atoms with Crippen molar-refractivity contribution in [2.75, 3.05) is 13.1 Å². The lowest BCUT2D eigenvalue weighted by Gasteiger charge is -2.11. The number of hydrogen-bond acceptors (Lipinski definition) is 6. The van der Waals surface area contributed by atoms with Crippen LogP contribution in [0.4, 0.5) is 0 Å². The van der Waals surface area contributed by atoms with E-state index < -0.39 is 18.1 Å². The molecule has 1 amide bonds. The molecule has 1 fully saturated rings. The largest absolute Gasteiger partial charge is 0.388 e. The van der Waals surface area contributed by atoms with Crippen molar-refractivity contribution in [1.82, 2.24) is 25.5 Å². The minimum atomic E-state index is -0.897. The molecule has 14 heavy (non-hydrogen) atoms. The summed E-state index contributed by atoms with van der Waals surface area (Å²) >= 11 is 0. The summed E-state index contributed by atoms with van der Waals surface area (Å²) in [5, 5.41) is 30.8. The minimum absolute atomic E-state index is 0.0636. The molecule has 1 aliphatic rings. The van der Waals surface area contributed by atoms with E-state index in [0.29, 0.717) is 0 Å². The van der Waals surface area contributed by atoms with Crippen LogP contribution in [0.3, 0.4) is 0 Å². The van der Waals surface area contributed by atoms with Crippen LogP contribution in [0, 0.1) is 0 Å². The van der Waals surface area contributed by atoms with Gasteiger partial charge in [0.25, 0.3) is 11.7 Å². The molecule has 0 bridgehead atoms. The number of hydrogen-bond donors (Lipinski definition) is 3. The fourth-order valence-electron chi connectivity index (χ4n) is 1.33. The first-order valence-electron chi connectivity index (χ1n) is 4.07. The lowest BCUT2D eigenvalue weighted by atomic mass is 10.3. The van der Waals surface area contributed by atoms with E-state index >= 15 is 0 Å². The van der Waals surface area contributed by atoms with Crippen LogP contribution >= 0.6 is 0 Å². The van der Waals surface area contributed by atoms with E-state index in [-0.39, 0.29) is 18.9 Å². The maximum Gasteiger partial charge on any atom is 0.295 e. The van der Waals surface area contributed by atoms with E-state index in [9.17, 15) is 15.0 Å². The number of rotatable bonds is 1. The Morgan fingerprint density at radius 1 is 1.43 bits per heavy atom. The van der Waals surface area contributed by atoms with Gasteiger partial charge in [-0.2, -0.15) is 5.21 Å². The molecule has 2 unspecified atom stereocenters. The fourth-order valence-corrected chi connectivity index (χ4v) is 1.33. The standard InChI is InChI=1S/C6H9N5O3/c12-3-1-11(2-4(3)13)6(14)5-7-9-10-8-5/h3-4,12-13H,1-2H2,(H,7,8,9,10). The number of aliphatic hydroxyl groups is 2. The Kier molecular flexibility index (Phi) is 2.14. The van der Waals surface area contributed by atoms with E-state index in [1.807, 2.05) is 0 Å². The van der Waals surface area contributed by atoms with Crippen LogP contribution in [0.2, 0.25) is 0 Å². The first-order valence-corrected chi connectivity index (χ1v) is 4.07. The number of amides is 1. The molecule has 8 heteroatoms. The Morgan fingerprint density at radius 3 is 2.57 bits per heavy atom. The molecule has 0 saturated carbocycles. The predicted octanol–water partition coefficient (Wildman–Crippen LogP) is -2.62. The summed E-state index contributed by atoms with van der Waals surface area (Å²) in [4.78, 5) is 12.8. The van der Waals surface area contributed by atoms with Gasteiger partial charge >= 0.3 is 0 Å². The topological polar surface area (TPSA) is 115 Å². The van der Waals surface area contributed by atoms with Crippen molar-refractivity contribution in [3.8, 4) is 0 Å². The maximum atomic E-state index is 11.5. The molecular weight excluding hydrogens is 190 g/mol. The number of H-pyrrole nitrogens is 1. The molecule has 0 radical (unpaired) electrons. The highest BCUT2D eigenvalue weighted by Crippen LogP contribution is 2.11. The highest BCUT2D eigenvalue weighted by atomic mass is 16.3. The van der Waals surface area contributed by atoms with Crippen LogP contribution in [-0.2, 0) is 0 Å². The molecule has 0 spiro atoms. The molecule has 1 saturated heterocycles. The molecule has 1 aromatic heterocycles. The zero-order valence-electron chi connectivity index (χ0n) is 7.16. The molecular formula is C6H9N5O3. The van der Waals surface area contributed by atoms with Crippen LogP contribution < -0.4 is 0 Å². The average Bonchev–Trinajstić information content (AvgIpc) is 2.76. The van der Waals surface area contributed by atoms with Crippen LogP contribution in [0.15, 0.2) is 0 Å². The second-order valence-corrected chi connectivity index (χ2v) is 3.08. The maximum absolute atomic E-state index is 11.5. The van der Waals surface area contributed by atoms with E-state index in [4.69, 9.17) is 0 Å².